The van der Waals surface area contributed by atoms with Crippen LogP contribution in [0.4, 0.5) is 0 Å². The molecule has 2 rings (SSSR count). The van der Waals surface area contributed by atoms with Crippen molar-refractivity contribution in [1.29, 1.82) is 0 Å². The van der Waals surface area contributed by atoms with Crippen LogP contribution in [0, 0.1) is 0 Å². The monoisotopic (exact) mass is 263 g/mol. The van der Waals surface area contributed by atoms with E-state index in [-0.39, 0.29) is 17.2 Å². The molecule has 0 bridgehead atoms. The summed E-state index contributed by atoms with van der Waals surface area (Å²) >= 11 is 0. The summed E-state index contributed by atoms with van der Waals surface area (Å²) in [5.74, 6) is 0.0389. The van der Waals surface area contributed by atoms with Crippen LogP contribution in [0.5, 0.6) is 5.75 Å². The summed E-state index contributed by atoms with van der Waals surface area (Å²) in [7, 11) is -3.54. The first-order valence-corrected chi connectivity index (χ1v) is 6.89. The van der Waals surface area contributed by atoms with Crippen molar-refractivity contribution in [3.05, 3.63) is 60.2 Å². The van der Waals surface area contributed by atoms with E-state index in [9.17, 15) is 8.42 Å². The second kappa shape index (κ2) is 5.20. The van der Waals surface area contributed by atoms with Gasteiger partial charge in [-0.1, -0.05) is 30.3 Å². The van der Waals surface area contributed by atoms with Crippen LogP contribution in [0.1, 0.15) is 5.56 Å². The average Bonchev–Trinajstić information content (AvgIpc) is 2.38. The molecule has 0 radical (unpaired) electrons. The lowest BCUT2D eigenvalue weighted by Gasteiger charge is -2.06. The van der Waals surface area contributed by atoms with Crippen molar-refractivity contribution in [3.63, 3.8) is 0 Å². The summed E-state index contributed by atoms with van der Waals surface area (Å²) in [4.78, 5) is 0.135. The molecule has 5 heteroatoms. The third-order valence-corrected chi connectivity index (χ3v) is 3.87. The molecule has 0 spiro atoms. The molecule has 0 atom stereocenters. The van der Waals surface area contributed by atoms with Crippen LogP contribution in [-0.2, 0) is 16.6 Å². The van der Waals surface area contributed by atoms with E-state index in [0.717, 1.165) is 5.56 Å². The average molecular weight is 263 g/mol. The van der Waals surface area contributed by atoms with E-state index in [0.29, 0.717) is 0 Å². The summed E-state index contributed by atoms with van der Waals surface area (Å²) in [6, 6.07) is 14.7. The molecule has 4 nitrogen and oxygen atoms in total. The highest BCUT2D eigenvalue weighted by molar-refractivity contribution is 7.89. The molecule has 0 saturated heterocycles. The van der Waals surface area contributed by atoms with Gasteiger partial charge in [0.25, 0.3) is 0 Å². The standard InChI is InChI=1S/C13H13NO3S/c15-12-6-8-13(9-7-12)18(16,17)14-10-11-4-2-1-3-5-11/h1-9,14-15H,10H2. The molecule has 94 valence electrons. The Hall–Kier alpha value is -1.85. The lowest BCUT2D eigenvalue weighted by Crippen LogP contribution is -2.23. The first-order chi connectivity index (χ1) is 8.58. The molecule has 0 amide bonds. The fourth-order valence-electron chi connectivity index (χ4n) is 1.48. The van der Waals surface area contributed by atoms with Gasteiger partial charge in [-0.3, -0.25) is 0 Å². The van der Waals surface area contributed by atoms with E-state index >= 15 is 0 Å². The van der Waals surface area contributed by atoms with Gasteiger partial charge in [0.05, 0.1) is 4.90 Å². The first kappa shape index (κ1) is 12.6. The Labute approximate surface area is 106 Å². The second-order valence-electron chi connectivity index (χ2n) is 3.80. The Balaban J connectivity index is 2.11. The number of phenols is 1. The van der Waals surface area contributed by atoms with E-state index < -0.39 is 10.0 Å². The zero-order chi connectivity index (χ0) is 13.0. The van der Waals surface area contributed by atoms with Gasteiger partial charge in [-0.05, 0) is 29.8 Å². The Morgan fingerprint density at radius 3 is 2.17 bits per heavy atom. The van der Waals surface area contributed by atoms with E-state index in [1.165, 1.54) is 24.3 Å². The lowest BCUT2D eigenvalue weighted by molar-refractivity contribution is 0.474. The molecule has 2 N–H and O–H groups in total. The van der Waals surface area contributed by atoms with Crippen molar-refractivity contribution in [2.75, 3.05) is 0 Å². The largest absolute Gasteiger partial charge is 0.508 e. The number of hydrogen-bond acceptors (Lipinski definition) is 3. The highest BCUT2D eigenvalue weighted by Gasteiger charge is 2.13. The smallest absolute Gasteiger partial charge is 0.240 e. The predicted molar refractivity (Wildman–Crippen MR) is 68.6 cm³/mol. The molecule has 0 aliphatic carbocycles. The van der Waals surface area contributed by atoms with Crippen LogP contribution in [-0.4, -0.2) is 13.5 Å². The van der Waals surface area contributed by atoms with Crippen LogP contribution in [0.2, 0.25) is 0 Å². The summed E-state index contributed by atoms with van der Waals surface area (Å²) in [6.45, 7) is 0.240. The third kappa shape index (κ3) is 3.09. The maximum atomic E-state index is 11.9. The molecule has 0 aromatic heterocycles. The number of hydrogen-bond donors (Lipinski definition) is 2. The molecule has 0 saturated carbocycles. The SMILES string of the molecule is O=S(=O)(NCc1ccccc1)c1ccc(O)cc1. The summed E-state index contributed by atoms with van der Waals surface area (Å²) < 4.78 is 26.3. The third-order valence-electron chi connectivity index (χ3n) is 2.46. The molecule has 0 fully saturated rings. The van der Waals surface area contributed by atoms with E-state index in [1.54, 1.807) is 0 Å². The summed E-state index contributed by atoms with van der Waals surface area (Å²) in [5.41, 5.74) is 0.889. The number of nitrogens with one attached hydrogen (secondary N) is 1. The van der Waals surface area contributed by atoms with Crippen molar-refractivity contribution >= 4 is 10.0 Å². The maximum absolute atomic E-state index is 11.9. The minimum Gasteiger partial charge on any atom is -0.508 e. The number of phenolic OH excluding ortho intramolecular Hbond substituents is 1. The summed E-state index contributed by atoms with van der Waals surface area (Å²) in [5, 5.41) is 9.12. The zero-order valence-corrected chi connectivity index (χ0v) is 10.4. The molecule has 2 aromatic carbocycles. The van der Waals surface area contributed by atoms with E-state index in [2.05, 4.69) is 4.72 Å². The highest BCUT2D eigenvalue weighted by Crippen LogP contribution is 2.14. The first-order valence-electron chi connectivity index (χ1n) is 5.40. The molecule has 0 aliphatic rings. The maximum Gasteiger partial charge on any atom is 0.240 e. The molecular formula is C13H13NO3S. The van der Waals surface area contributed by atoms with Gasteiger partial charge < -0.3 is 5.11 Å². The minimum absolute atomic E-state index is 0.0389. The number of rotatable bonds is 4. The van der Waals surface area contributed by atoms with Crippen LogP contribution < -0.4 is 4.72 Å². The molecule has 0 unspecified atom stereocenters. The second-order valence-corrected chi connectivity index (χ2v) is 5.57. The van der Waals surface area contributed by atoms with Gasteiger partial charge >= 0.3 is 0 Å². The zero-order valence-electron chi connectivity index (χ0n) is 9.58. The number of benzene rings is 2. The van der Waals surface area contributed by atoms with E-state index in [4.69, 9.17) is 5.11 Å². The van der Waals surface area contributed by atoms with Gasteiger partial charge in [0.1, 0.15) is 5.75 Å². The molecule has 2 aromatic rings. The van der Waals surface area contributed by atoms with Gasteiger partial charge in [-0.25, -0.2) is 13.1 Å². The van der Waals surface area contributed by atoms with Crippen molar-refractivity contribution in [3.8, 4) is 5.75 Å². The van der Waals surface area contributed by atoms with Crippen molar-refractivity contribution < 1.29 is 13.5 Å². The molecule has 18 heavy (non-hydrogen) atoms. The predicted octanol–water partition coefficient (Wildman–Crippen LogP) is 1.87. The molecular weight excluding hydrogens is 250 g/mol. The van der Waals surface area contributed by atoms with E-state index in [1.807, 2.05) is 30.3 Å². The van der Waals surface area contributed by atoms with Crippen molar-refractivity contribution in [2.24, 2.45) is 0 Å². The van der Waals surface area contributed by atoms with Crippen LogP contribution in [0.3, 0.4) is 0 Å². The normalized spacial score (nSPS) is 11.3. The quantitative estimate of drug-likeness (QED) is 0.885. The molecule has 0 aliphatic heterocycles. The van der Waals surface area contributed by atoms with Gasteiger partial charge in [-0.15, -0.1) is 0 Å². The van der Waals surface area contributed by atoms with Crippen LogP contribution in [0.15, 0.2) is 59.5 Å². The fraction of sp³-hybridized carbons (Fsp3) is 0.0769. The topological polar surface area (TPSA) is 66.4 Å². The number of aromatic hydroxyl groups is 1. The molecule has 0 heterocycles. The Morgan fingerprint density at radius 1 is 0.944 bits per heavy atom. The Morgan fingerprint density at radius 2 is 1.56 bits per heavy atom. The van der Waals surface area contributed by atoms with Gasteiger partial charge in [0.2, 0.25) is 10.0 Å². The van der Waals surface area contributed by atoms with Gasteiger partial charge in [-0.2, -0.15) is 0 Å². The van der Waals surface area contributed by atoms with Crippen LogP contribution >= 0.6 is 0 Å². The summed E-state index contributed by atoms with van der Waals surface area (Å²) in [6.07, 6.45) is 0. The number of sulfonamides is 1. The Kier molecular flexibility index (Phi) is 3.64. The van der Waals surface area contributed by atoms with Gasteiger partial charge in [0.15, 0.2) is 0 Å². The highest BCUT2D eigenvalue weighted by atomic mass is 32.2. The minimum atomic E-state index is -3.54. The van der Waals surface area contributed by atoms with Crippen LogP contribution in [0.25, 0.3) is 0 Å². The van der Waals surface area contributed by atoms with Crippen molar-refractivity contribution in [2.45, 2.75) is 11.4 Å². The lowest BCUT2D eigenvalue weighted by atomic mass is 10.2. The van der Waals surface area contributed by atoms with Gasteiger partial charge in [0, 0.05) is 6.54 Å². The van der Waals surface area contributed by atoms with Crippen molar-refractivity contribution in [1.82, 2.24) is 4.72 Å². The fourth-order valence-corrected chi connectivity index (χ4v) is 2.50. The Bertz CT molecular complexity index is 606.